The molecule has 0 saturated carbocycles. The maximum Gasteiger partial charge on any atom is 0.234 e. The number of anilines is 2. The van der Waals surface area contributed by atoms with E-state index in [1.54, 1.807) is 18.3 Å². The number of hydrogen-bond acceptors (Lipinski definition) is 9. The molecule has 3 atom stereocenters. The first-order valence-corrected chi connectivity index (χ1v) is 20.4. The van der Waals surface area contributed by atoms with Crippen LogP contribution in [0.5, 0.6) is 5.75 Å². The molecule has 0 bridgehead atoms. The van der Waals surface area contributed by atoms with Crippen LogP contribution >= 0.6 is 0 Å². The number of hydrogen-bond donors (Lipinski definition) is 2. The number of rotatable bonds is 8. The van der Waals surface area contributed by atoms with Crippen molar-refractivity contribution in [1.29, 1.82) is 0 Å². The molecule has 11 nitrogen and oxygen atoms in total. The summed E-state index contributed by atoms with van der Waals surface area (Å²) >= 11 is 0. The Morgan fingerprint density at radius 3 is 2.18 bits per heavy atom. The normalized spacial score (nSPS) is 24.3. The van der Waals surface area contributed by atoms with Gasteiger partial charge in [-0.15, -0.1) is 0 Å². The minimum Gasteiger partial charge on any atom is -0.507 e. The summed E-state index contributed by atoms with van der Waals surface area (Å²) in [5.41, 5.74) is 4.99. The lowest BCUT2D eigenvalue weighted by Crippen LogP contribution is -2.55. The SMILES string of the molecule is O=C1CCC(c2ccc(N3C[C@@H]4CN(CC5CCN(C(=O)C6(c7ccccc7)CCN(c7cnnc(-c8ccccc8O)c7)CC6)CC5)C[C@H]4C3)cc2)C(=O)N1. The van der Waals surface area contributed by atoms with Gasteiger partial charge in [-0.3, -0.25) is 19.7 Å². The quantitative estimate of drug-likeness (QED) is 0.234. The Labute approximate surface area is 328 Å². The minimum atomic E-state index is -0.560. The summed E-state index contributed by atoms with van der Waals surface area (Å²) in [7, 11) is 0. The highest BCUT2D eigenvalue weighted by molar-refractivity contribution is 6.01. The summed E-state index contributed by atoms with van der Waals surface area (Å²) in [6.45, 7) is 8.55. The molecule has 9 rings (SSSR count). The highest BCUT2D eigenvalue weighted by Crippen LogP contribution is 2.41. The van der Waals surface area contributed by atoms with E-state index in [2.05, 4.69) is 83.6 Å². The summed E-state index contributed by atoms with van der Waals surface area (Å²) in [6.07, 6.45) is 6.28. The second-order valence-corrected chi connectivity index (χ2v) is 16.7. The lowest BCUT2D eigenvalue weighted by atomic mass is 9.71. The van der Waals surface area contributed by atoms with Gasteiger partial charge in [0, 0.05) is 76.6 Å². The summed E-state index contributed by atoms with van der Waals surface area (Å²) in [4.78, 5) is 48.2. The summed E-state index contributed by atoms with van der Waals surface area (Å²) in [6, 6.07) is 28.0. The Bertz CT molecular complexity index is 2050. The number of carbonyl (C=O) groups is 3. The Kier molecular flexibility index (Phi) is 9.95. The smallest absolute Gasteiger partial charge is 0.234 e. The molecule has 0 aliphatic carbocycles. The Balaban J connectivity index is 0.782. The molecule has 1 aromatic heterocycles. The van der Waals surface area contributed by atoms with Crippen molar-refractivity contribution in [2.45, 2.75) is 49.9 Å². The topological polar surface area (TPSA) is 122 Å². The van der Waals surface area contributed by atoms with E-state index in [9.17, 15) is 19.5 Å². The van der Waals surface area contributed by atoms with Crippen molar-refractivity contribution in [3.8, 4) is 17.0 Å². The minimum absolute atomic E-state index is 0.177. The van der Waals surface area contributed by atoms with Crippen LogP contribution in [0.1, 0.15) is 55.6 Å². The zero-order valence-corrected chi connectivity index (χ0v) is 31.9. The van der Waals surface area contributed by atoms with Gasteiger partial charge in [0.25, 0.3) is 0 Å². The third-order valence-electron chi connectivity index (χ3n) is 13.4. The zero-order valence-electron chi connectivity index (χ0n) is 31.9. The van der Waals surface area contributed by atoms with Crippen LogP contribution < -0.4 is 15.1 Å². The number of para-hydroxylation sites is 1. The van der Waals surface area contributed by atoms with Crippen molar-refractivity contribution >= 4 is 29.1 Å². The largest absolute Gasteiger partial charge is 0.507 e. The number of benzene rings is 3. The number of fused-ring (bicyclic) bond motifs is 1. The summed E-state index contributed by atoms with van der Waals surface area (Å²) in [5, 5.41) is 21.5. The average Bonchev–Trinajstić information content (AvgIpc) is 3.81. The molecule has 3 amide bonds. The maximum absolute atomic E-state index is 14.7. The van der Waals surface area contributed by atoms with E-state index in [-0.39, 0.29) is 29.4 Å². The van der Waals surface area contributed by atoms with Gasteiger partial charge in [-0.2, -0.15) is 10.2 Å². The molecule has 5 fully saturated rings. The first kappa shape index (κ1) is 36.4. The number of carbonyl (C=O) groups excluding carboxylic acids is 3. The molecule has 1 unspecified atom stereocenters. The van der Waals surface area contributed by atoms with Crippen LogP contribution in [0, 0.1) is 17.8 Å². The van der Waals surface area contributed by atoms with Crippen LogP contribution in [0.2, 0.25) is 0 Å². The highest BCUT2D eigenvalue weighted by atomic mass is 16.3. The fourth-order valence-corrected chi connectivity index (χ4v) is 10.2. The van der Waals surface area contributed by atoms with Crippen LogP contribution in [0.25, 0.3) is 11.3 Å². The van der Waals surface area contributed by atoms with Gasteiger partial charge in [-0.1, -0.05) is 54.6 Å². The number of phenolic OH excluding ortho intramolecular Hbond substituents is 1. The van der Waals surface area contributed by atoms with Gasteiger partial charge < -0.3 is 24.7 Å². The Morgan fingerprint density at radius 1 is 0.786 bits per heavy atom. The van der Waals surface area contributed by atoms with E-state index in [0.717, 1.165) is 101 Å². The zero-order chi connectivity index (χ0) is 38.2. The van der Waals surface area contributed by atoms with E-state index in [4.69, 9.17) is 0 Å². The number of amides is 3. The second-order valence-electron chi connectivity index (χ2n) is 16.7. The van der Waals surface area contributed by atoms with Crippen LogP contribution in [0.15, 0.2) is 91.1 Å². The lowest BCUT2D eigenvalue weighted by Gasteiger charge is -2.45. The number of piperidine rings is 3. The Morgan fingerprint density at radius 2 is 1.48 bits per heavy atom. The van der Waals surface area contributed by atoms with Crippen LogP contribution in [-0.2, 0) is 19.8 Å². The molecule has 5 saturated heterocycles. The number of nitrogens with zero attached hydrogens (tertiary/aromatic N) is 6. The van der Waals surface area contributed by atoms with E-state index in [0.29, 0.717) is 41.9 Å². The van der Waals surface area contributed by atoms with Gasteiger partial charge in [0.05, 0.1) is 28.9 Å². The number of phenols is 1. The molecule has 4 aromatic rings. The van der Waals surface area contributed by atoms with Crippen LogP contribution in [-0.4, -0.2) is 102 Å². The molecule has 290 valence electrons. The third-order valence-corrected chi connectivity index (χ3v) is 13.4. The maximum atomic E-state index is 14.7. The predicted molar refractivity (Wildman–Crippen MR) is 215 cm³/mol. The molecule has 2 N–H and O–H groups in total. The fourth-order valence-electron chi connectivity index (χ4n) is 10.2. The first-order chi connectivity index (χ1) is 27.3. The van der Waals surface area contributed by atoms with Crippen molar-refractivity contribution in [1.82, 2.24) is 25.3 Å². The van der Waals surface area contributed by atoms with Gasteiger partial charge in [-0.05, 0) is 91.3 Å². The summed E-state index contributed by atoms with van der Waals surface area (Å²) in [5.74, 6) is 1.75. The van der Waals surface area contributed by atoms with E-state index in [1.165, 1.54) is 5.69 Å². The van der Waals surface area contributed by atoms with Gasteiger partial charge in [0.2, 0.25) is 17.7 Å². The molecular formula is C45H51N7O4. The average molecular weight is 754 g/mol. The van der Waals surface area contributed by atoms with Crippen molar-refractivity contribution in [3.63, 3.8) is 0 Å². The molecule has 11 heteroatoms. The highest BCUT2D eigenvalue weighted by Gasteiger charge is 2.46. The van der Waals surface area contributed by atoms with Crippen molar-refractivity contribution < 1.29 is 19.5 Å². The van der Waals surface area contributed by atoms with Crippen molar-refractivity contribution in [3.05, 3.63) is 102 Å². The number of aromatic nitrogens is 2. The van der Waals surface area contributed by atoms with Gasteiger partial charge in [0.1, 0.15) is 5.75 Å². The third kappa shape index (κ3) is 7.13. The first-order valence-electron chi connectivity index (χ1n) is 20.4. The summed E-state index contributed by atoms with van der Waals surface area (Å²) < 4.78 is 0. The number of nitrogens with one attached hydrogen (secondary N) is 1. The van der Waals surface area contributed by atoms with Gasteiger partial charge in [-0.25, -0.2) is 0 Å². The molecule has 5 aliphatic rings. The van der Waals surface area contributed by atoms with Crippen LogP contribution in [0.4, 0.5) is 11.4 Å². The molecule has 6 heterocycles. The number of imide groups is 1. The molecular weight excluding hydrogens is 703 g/mol. The van der Waals surface area contributed by atoms with E-state index < -0.39 is 5.41 Å². The second kappa shape index (κ2) is 15.3. The Hall–Kier alpha value is -5.29. The number of aromatic hydroxyl groups is 1. The predicted octanol–water partition coefficient (Wildman–Crippen LogP) is 5.21. The molecule has 0 radical (unpaired) electrons. The van der Waals surface area contributed by atoms with Crippen molar-refractivity contribution in [2.75, 3.05) is 68.7 Å². The lowest BCUT2D eigenvalue weighted by molar-refractivity contribution is -0.140. The van der Waals surface area contributed by atoms with Gasteiger partial charge >= 0.3 is 0 Å². The molecule has 0 spiro atoms. The standard InChI is InChI=1S/C45H51N7O4/c53-41-9-5-4-8-39(41)40-24-37(25-46-48-40)50-22-18-45(19-23-50,35-6-2-1-3-7-35)44(56)51-20-16-31(17-21-51)26-49-27-33-29-52(30-34(33)28-49)36-12-10-32(11-13-36)38-14-15-42(54)47-43(38)55/h1-13,24-25,31,33-34,38,53H,14-23,26-30H2,(H,47,54,55)/t33-,34-,38?/m0/s1. The molecule has 5 aliphatic heterocycles. The van der Waals surface area contributed by atoms with Gasteiger partial charge in [0.15, 0.2) is 0 Å². The monoisotopic (exact) mass is 753 g/mol. The van der Waals surface area contributed by atoms with E-state index >= 15 is 0 Å². The van der Waals surface area contributed by atoms with Crippen molar-refractivity contribution in [2.24, 2.45) is 17.8 Å². The number of likely N-dealkylation sites (tertiary alicyclic amines) is 2. The van der Waals surface area contributed by atoms with E-state index in [1.807, 2.05) is 24.3 Å². The van der Waals surface area contributed by atoms with Crippen LogP contribution in [0.3, 0.4) is 0 Å². The molecule has 56 heavy (non-hydrogen) atoms. The fraction of sp³-hybridized carbons (Fsp3) is 0.444. The molecule has 3 aromatic carbocycles.